The normalized spacial score (nSPS) is 10.7. The van der Waals surface area contributed by atoms with Gasteiger partial charge in [-0.2, -0.15) is 0 Å². The van der Waals surface area contributed by atoms with Crippen LogP contribution in [-0.2, 0) is 0 Å². The quantitative estimate of drug-likeness (QED) is 0.756. The summed E-state index contributed by atoms with van der Waals surface area (Å²) < 4.78 is 11.4. The van der Waals surface area contributed by atoms with E-state index >= 15 is 0 Å². The molecule has 0 spiro atoms. The van der Waals surface area contributed by atoms with Crippen molar-refractivity contribution in [2.75, 3.05) is 0 Å². The lowest BCUT2D eigenvalue weighted by Gasteiger charge is -2.07. The van der Waals surface area contributed by atoms with Gasteiger partial charge in [-0.25, -0.2) is 4.79 Å². The van der Waals surface area contributed by atoms with E-state index in [9.17, 15) is 4.79 Å². The summed E-state index contributed by atoms with van der Waals surface area (Å²) in [5.74, 6) is -0.581. The third-order valence-corrected chi connectivity index (χ3v) is 3.65. The predicted molar refractivity (Wildman–Crippen MR) is 77.4 cm³/mol. The lowest BCUT2D eigenvalue weighted by molar-refractivity contribution is 0.0657. The third kappa shape index (κ3) is 2.28. The van der Waals surface area contributed by atoms with E-state index in [0.29, 0.717) is 5.75 Å². The van der Waals surface area contributed by atoms with Crippen LogP contribution in [0.4, 0.5) is 0 Å². The largest absolute Gasteiger partial charge is 0.475 e. The van der Waals surface area contributed by atoms with Crippen molar-refractivity contribution in [1.29, 1.82) is 0 Å². The van der Waals surface area contributed by atoms with Crippen molar-refractivity contribution < 1.29 is 19.1 Å². The maximum Gasteiger partial charge on any atom is 0.371 e. The van der Waals surface area contributed by atoms with Gasteiger partial charge in [0.05, 0.1) is 4.47 Å². The van der Waals surface area contributed by atoms with Crippen LogP contribution in [0.2, 0.25) is 0 Å². The molecule has 0 unspecified atom stereocenters. The highest BCUT2D eigenvalue weighted by Gasteiger charge is 2.12. The second-order valence-electron chi connectivity index (χ2n) is 4.12. The number of benzene rings is 2. The molecule has 0 aliphatic carbocycles. The first kappa shape index (κ1) is 12.7. The molecule has 0 aliphatic rings. The molecular formula is C15H9BrO4. The van der Waals surface area contributed by atoms with Gasteiger partial charge in [0.15, 0.2) is 0 Å². The summed E-state index contributed by atoms with van der Waals surface area (Å²) in [5, 5.41) is 10.9. The highest BCUT2D eigenvalue weighted by molar-refractivity contribution is 9.10. The van der Waals surface area contributed by atoms with Gasteiger partial charge in [-0.05, 0) is 38.8 Å². The SMILES string of the molecule is O=C(O)c1ccc(Oc2ccc3ccccc3c2Br)o1. The highest BCUT2D eigenvalue weighted by atomic mass is 79.9. The van der Waals surface area contributed by atoms with Gasteiger partial charge in [-0.15, -0.1) is 0 Å². The molecule has 0 aliphatic heterocycles. The molecule has 0 amide bonds. The lowest BCUT2D eigenvalue weighted by Crippen LogP contribution is -1.91. The number of halogens is 1. The number of carbonyl (C=O) groups is 1. The van der Waals surface area contributed by atoms with Crippen LogP contribution in [0.3, 0.4) is 0 Å². The van der Waals surface area contributed by atoms with Crippen LogP contribution < -0.4 is 4.74 Å². The molecule has 100 valence electrons. The fraction of sp³-hybridized carbons (Fsp3) is 0. The summed E-state index contributed by atoms with van der Waals surface area (Å²) in [6, 6.07) is 14.4. The minimum Gasteiger partial charge on any atom is -0.475 e. The van der Waals surface area contributed by atoms with Crippen LogP contribution in [0.5, 0.6) is 11.7 Å². The van der Waals surface area contributed by atoms with Gasteiger partial charge < -0.3 is 14.3 Å². The minimum atomic E-state index is -1.13. The Bertz CT molecular complexity index is 791. The van der Waals surface area contributed by atoms with Gasteiger partial charge in [0.1, 0.15) is 5.75 Å². The van der Waals surface area contributed by atoms with Crippen molar-refractivity contribution in [1.82, 2.24) is 0 Å². The summed E-state index contributed by atoms with van der Waals surface area (Å²) in [5.41, 5.74) is 0. The molecule has 5 heteroatoms. The summed E-state index contributed by atoms with van der Waals surface area (Å²) in [4.78, 5) is 10.7. The monoisotopic (exact) mass is 332 g/mol. The Balaban J connectivity index is 1.97. The Labute approximate surface area is 122 Å². The van der Waals surface area contributed by atoms with Crippen LogP contribution >= 0.6 is 15.9 Å². The van der Waals surface area contributed by atoms with E-state index in [1.54, 1.807) is 6.07 Å². The van der Waals surface area contributed by atoms with Gasteiger partial charge in [-0.3, -0.25) is 0 Å². The average molecular weight is 333 g/mol. The summed E-state index contributed by atoms with van der Waals surface area (Å²) in [7, 11) is 0. The number of rotatable bonds is 3. The van der Waals surface area contributed by atoms with Gasteiger partial charge in [-0.1, -0.05) is 30.3 Å². The van der Waals surface area contributed by atoms with Crippen LogP contribution in [0.1, 0.15) is 10.6 Å². The number of ether oxygens (including phenoxy) is 1. The first-order valence-electron chi connectivity index (χ1n) is 5.83. The van der Waals surface area contributed by atoms with E-state index in [0.717, 1.165) is 15.2 Å². The minimum absolute atomic E-state index is 0.137. The Morgan fingerprint density at radius 3 is 2.65 bits per heavy atom. The molecule has 3 aromatic rings. The zero-order valence-corrected chi connectivity index (χ0v) is 11.8. The highest BCUT2D eigenvalue weighted by Crippen LogP contribution is 2.36. The number of carboxylic acids is 1. The number of hydrogen-bond donors (Lipinski definition) is 1. The van der Waals surface area contributed by atoms with Gasteiger partial charge in [0.25, 0.3) is 5.95 Å². The van der Waals surface area contributed by atoms with Crippen molar-refractivity contribution in [3.8, 4) is 11.7 Å². The molecule has 2 aromatic carbocycles. The van der Waals surface area contributed by atoms with E-state index in [4.69, 9.17) is 14.3 Å². The first-order chi connectivity index (χ1) is 9.65. The van der Waals surface area contributed by atoms with Gasteiger partial charge >= 0.3 is 5.97 Å². The number of aromatic carboxylic acids is 1. The number of fused-ring (bicyclic) bond motifs is 1. The van der Waals surface area contributed by atoms with Crippen molar-refractivity contribution in [3.05, 3.63) is 58.8 Å². The molecule has 20 heavy (non-hydrogen) atoms. The van der Waals surface area contributed by atoms with E-state index < -0.39 is 5.97 Å². The molecule has 1 N–H and O–H groups in total. The first-order valence-corrected chi connectivity index (χ1v) is 6.62. The summed E-state index contributed by atoms with van der Waals surface area (Å²) in [6.07, 6.45) is 0. The Morgan fingerprint density at radius 1 is 1.10 bits per heavy atom. The maximum absolute atomic E-state index is 10.7. The molecule has 3 rings (SSSR count). The van der Waals surface area contributed by atoms with Crippen LogP contribution in [0.15, 0.2) is 57.4 Å². The van der Waals surface area contributed by atoms with Crippen LogP contribution in [0, 0.1) is 0 Å². The second kappa shape index (κ2) is 5.02. The number of furan rings is 1. The predicted octanol–water partition coefficient (Wildman–Crippen LogP) is 4.69. The molecule has 0 saturated heterocycles. The molecule has 1 heterocycles. The fourth-order valence-electron chi connectivity index (χ4n) is 1.89. The smallest absolute Gasteiger partial charge is 0.371 e. The van der Waals surface area contributed by atoms with Crippen molar-refractivity contribution in [2.24, 2.45) is 0 Å². The van der Waals surface area contributed by atoms with E-state index in [2.05, 4.69) is 15.9 Å². The van der Waals surface area contributed by atoms with Crippen LogP contribution in [0.25, 0.3) is 10.8 Å². The molecule has 4 nitrogen and oxygen atoms in total. The molecule has 0 saturated carbocycles. The lowest BCUT2D eigenvalue weighted by atomic mass is 10.1. The molecule has 0 atom stereocenters. The number of carboxylic acid groups (broad SMARTS) is 1. The summed E-state index contributed by atoms with van der Waals surface area (Å²) in [6.45, 7) is 0. The second-order valence-corrected chi connectivity index (χ2v) is 4.92. The maximum atomic E-state index is 10.7. The Morgan fingerprint density at radius 2 is 1.90 bits per heavy atom. The standard InChI is InChI=1S/C15H9BrO4/c16-14-10-4-2-1-3-9(10)5-6-11(14)19-13-8-7-12(20-13)15(17)18/h1-8H,(H,17,18). The van der Waals surface area contributed by atoms with Crippen molar-refractivity contribution in [2.45, 2.75) is 0 Å². The van der Waals surface area contributed by atoms with Gasteiger partial charge in [0.2, 0.25) is 5.76 Å². The Hall–Kier alpha value is -2.27. The van der Waals surface area contributed by atoms with E-state index in [1.165, 1.54) is 12.1 Å². The van der Waals surface area contributed by atoms with Gasteiger partial charge in [0, 0.05) is 6.07 Å². The molecule has 0 fully saturated rings. The Kier molecular flexibility index (Phi) is 3.20. The molecule has 0 bridgehead atoms. The fourth-order valence-corrected chi connectivity index (χ4v) is 2.46. The van der Waals surface area contributed by atoms with Crippen molar-refractivity contribution >= 4 is 32.7 Å². The zero-order chi connectivity index (χ0) is 14.1. The van der Waals surface area contributed by atoms with E-state index in [1.807, 2.05) is 30.3 Å². The molecule has 0 radical (unpaired) electrons. The molecular weight excluding hydrogens is 324 g/mol. The zero-order valence-electron chi connectivity index (χ0n) is 10.2. The number of hydrogen-bond acceptors (Lipinski definition) is 3. The molecule has 1 aromatic heterocycles. The van der Waals surface area contributed by atoms with Crippen molar-refractivity contribution in [3.63, 3.8) is 0 Å². The van der Waals surface area contributed by atoms with E-state index in [-0.39, 0.29) is 11.7 Å². The third-order valence-electron chi connectivity index (χ3n) is 2.83. The van der Waals surface area contributed by atoms with Crippen LogP contribution in [-0.4, -0.2) is 11.1 Å². The summed E-state index contributed by atoms with van der Waals surface area (Å²) >= 11 is 3.49. The topological polar surface area (TPSA) is 59.7 Å². The average Bonchev–Trinajstić information content (AvgIpc) is 2.91.